The Labute approximate surface area is 200 Å². The summed E-state index contributed by atoms with van der Waals surface area (Å²) < 4.78 is 66.9. The maximum Gasteiger partial charge on any atom is 0.416 e. The number of halogens is 3. The molecule has 0 radical (unpaired) electrons. The highest BCUT2D eigenvalue weighted by Gasteiger charge is 2.34. The van der Waals surface area contributed by atoms with Crippen molar-refractivity contribution in [2.75, 3.05) is 31.1 Å². The molecule has 1 unspecified atom stereocenters. The molecule has 0 amide bonds. The summed E-state index contributed by atoms with van der Waals surface area (Å²) in [6.45, 7) is 5.05. The average Bonchev–Trinajstić information content (AvgIpc) is 3.21. The maximum absolute atomic E-state index is 13.5. The van der Waals surface area contributed by atoms with Gasteiger partial charge in [-0.3, -0.25) is 9.69 Å². The summed E-state index contributed by atoms with van der Waals surface area (Å²) in [6, 6.07) is 11.2. The molecule has 1 saturated heterocycles. The van der Waals surface area contributed by atoms with Crippen LogP contribution in [0.4, 0.5) is 18.9 Å². The molecule has 0 bridgehead atoms. The Morgan fingerprint density at radius 1 is 1.06 bits per heavy atom. The van der Waals surface area contributed by atoms with E-state index >= 15 is 0 Å². The Morgan fingerprint density at radius 2 is 1.71 bits per heavy atom. The van der Waals surface area contributed by atoms with E-state index in [0.29, 0.717) is 37.4 Å². The number of nitrogens with zero attached hydrogens (tertiary/aromatic N) is 3. The van der Waals surface area contributed by atoms with Gasteiger partial charge in [0.15, 0.2) is 9.84 Å². The van der Waals surface area contributed by atoms with Gasteiger partial charge in [0.2, 0.25) is 0 Å². The Balaban J connectivity index is 1.51. The fraction of sp³-hybridized carbons (Fsp3) is 0.292. The van der Waals surface area contributed by atoms with E-state index in [1.807, 2.05) is 4.90 Å². The van der Waals surface area contributed by atoms with Gasteiger partial charge in [-0.2, -0.15) is 13.2 Å². The number of fused-ring (bicyclic) bond motifs is 1. The number of aliphatic carboxylic acids is 1. The van der Waals surface area contributed by atoms with Crippen molar-refractivity contribution in [2.45, 2.75) is 23.0 Å². The van der Waals surface area contributed by atoms with Crippen LogP contribution in [0, 0.1) is 0 Å². The van der Waals surface area contributed by atoms with E-state index < -0.39 is 32.9 Å². The molecule has 186 valence electrons. The zero-order chi connectivity index (χ0) is 25.4. The Hall–Kier alpha value is -3.31. The normalized spacial score (nSPS) is 16.4. The molecule has 1 aromatic heterocycles. The SMILES string of the molecule is C=CC(N1CCN(c2ccc(C(F)(F)F)cc2)CC1)S(=O)(=O)c1ccc2ccn(CC(=O)O)c2c1. The molecule has 0 saturated carbocycles. The number of hydrogen-bond donors (Lipinski definition) is 1. The summed E-state index contributed by atoms with van der Waals surface area (Å²) in [5, 5.41) is 8.84. The molecular formula is C24H24F3N3O4S. The monoisotopic (exact) mass is 507 g/mol. The van der Waals surface area contributed by atoms with Crippen LogP contribution in [-0.4, -0.2) is 60.5 Å². The molecule has 2 heterocycles. The van der Waals surface area contributed by atoms with E-state index in [0.717, 1.165) is 17.5 Å². The maximum atomic E-state index is 13.5. The van der Waals surface area contributed by atoms with Gasteiger partial charge in [0.1, 0.15) is 11.9 Å². The molecule has 1 aliphatic heterocycles. The molecule has 35 heavy (non-hydrogen) atoms. The summed E-state index contributed by atoms with van der Waals surface area (Å²) >= 11 is 0. The number of carboxylic acid groups (broad SMARTS) is 1. The van der Waals surface area contributed by atoms with Crippen LogP contribution in [0.1, 0.15) is 5.56 Å². The lowest BCUT2D eigenvalue weighted by Crippen LogP contribution is -2.52. The van der Waals surface area contributed by atoms with Gasteiger partial charge >= 0.3 is 12.1 Å². The van der Waals surface area contributed by atoms with Gasteiger partial charge in [0.05, 0.1) is 10.5 Å². The van der Waals surface area contributed by atoms with E-state index in [-0.39, 0.29) is 11.4 Å². The third-order valence-electron chi connectivity index (χ3n) is 6.13. The number of anilines is 1. The minimum atomic E-state index is -4.40. The van der Waals surface area contributed by atoms with E-state index in [4.69, 9.17) is 5.11 Å². The van der Waals surface area contributed by atoms with Crippen molar-refractivity contribution >= 4 is 32.4 Å². The van der Waals surface area contributed by atoms with Crippen molar-refractivity contribution in [3.63, 3.8) is 0 Å². The molecule has 11 heteroatoms. The van der Waals surface area contributed by atoms with Gasteiger partial charge in [0.25, 0.3) is 0 Å². The van der Waals surface area contributed by atoms with Crippen LogP contribution in [0.3, 0.4) is 0 Å². The molecule has 7 nitrogen and oxygen atoms in total. The van der Waals surface area contributed by atoms with Crippen molar-refractivity contribution < 1.29 is 31.5 Å². The molecule has 1 N–H and O–H groups in total. The number of piperazine rings is 1. The number of alkyl halides is 3. The minimum Gasteiger partial charge on any atom is -0.480 e. The number of hydrogen-bond acceptors (Lipinski definition) is 5. The highest BCUT2D eigenvalue weighted by molar-refractivity contribution is 7.92. The smallest absolute Gasteiger partial charge is 0.416 e. The second-order valence-electron chi connectivity index (χ2n) is 8.30. The molecule has 1 atom stereocenters. The van der Waals surface area contributed by atoms with Crippen molar-refractivity contribution in [2.24, 2.45) is 0 Å². The van der Waals surface area contributed by atoms with Crippen molar-refractivity contribution in [1.82, 2.24) is 9.47 Å². The fourth-order valence-corrected chi connectivity index (χ4v) is 6.00. The minimum absolute atomic E-state index is 0.0606. The quantitative estimate of drug-likeness (QED) is 0.490. The largest absolute Gasteiger partial charge is 0.480 e. The first-order valence-corrected chi connectivity index (χ1v) is 12.4. The number of aromatic nitrogens is 1. The molecule has 0 spiro atoms. The van der Waals surface area contributed by atoms with Crippen LogP contribution in [0.2, 0.25) is 0 Å². The van der Waals surface area contributed by atoms with Crippen LogP contribution in [0.25, 0.3) is 10.9 Å². The highest BCUT2D eigenvalue weighted by Crippen LogP contribution is 2.31. The topological polar surface area (TPSA) is 82.9 Å². The van der Waals surface area contributed by atoms with Crippen molar-refractivity contribution in [3.05, 3.63) is 72.9 Å². The highest BCUT2D eigenvalue weighted by atomic mass is 32.2. The van der Waals surface area contributed by atoms with Gasteiger partial charge < -0.3 is 14.6 Å². The van der Waals surface area contributed by atoms with Crippen molar-refractivity contribution in [1.29, 1.82) is 0 Å². The van der Waals surface area contributed by atoms with E-state index in [2.05, 4.69) is 6.58 Å². The Kier molecular flexibility index (Phi) is 6.65. The summed E-state index contributed by atoms with van der Waals surface area (Å²) in [5.74, 6) is -1.04. The van der Waals surface area contributed by atoms with Gasteiger partial charge in [-0.05, 0) is 47.9 Å². The molecule has 3 aromatic rings. The lowest BCUT2D eigenvalue weighted by Gasteiger charge is -2.39. The van der Waals surface area contributed by atoms with Gasteiger partial charge in [-0.15, -0.1) is 6.58 Å². The van der Waals surface area contributed by atoms with Gasteiger partial charge in [-0.25, -0.2) is 8.42 Å². The second-order valence-corrected chi connectivity index (χ2v) is 10.3. The van der Waals surface area contributed by atoms with E-state index in [1.165, 1.54) is 34.9 Å². The van der Waals surface area contributed by atoms with Crippen LogP contribution >= 0.6 is 0 Å². The number of benzene rings is 2. The zero-order valence-corrected chi connectivity index (χ0v) is 19.5. The standard InChI is InChI=1S/C24H24F3N3O4S/c1-2-22(29-13-11-28(12-14-29)19-6-4-18(5-7-19)24(25,26)27)35(33,34)20-8-3-17-9-10-30(16-23(31)32)21(17)15-20/h2-10,15,22H,1,11-14,16H2,(H,31,32). The predicted molar refractivity (Wildman–Crippen MR) is 126 cm³/mol. The van der Waals surface area contributed by atoms with Crippen LogP contribution < -0.4 is 4.90 Å². The van der Waals surface area contributed by atoms with Gasteiger partial charge in [0, 0.05) is 43.6 Å². The number of carbonyl (C=O) groups is 1. The van der Waals surface area contributed by atoms with E-state index in [9.17, 15) is 26.4 Å². The average molecular weight is 508 g/mol. The summed E-state index contributed by atoms with van der Waals surface area (Å²) in [4.78, 5) is 14.9. The van der Waals surface area contributed by atoms with Crippen LogP contribution in [-0.2, 0) is 27.4 Å². The van der Waals surface area contributed by atoms with Gasteiger partial charge in [-0.1, -0.05) is 12.1 Å². The Morgan fingerprint density at radius 3 is 2.29 bits per heavy atom. The first kappa shape index (κ1) is 24.8. The molecular weight excluding hydrogens is 483 g/mol. The molecule has 4 rings (SSSR count). The van der Waals surface area contributed by atoms with Crippen LogP contribution in [0.5, 0.6) is 0 Å². The fourth-order valence-electron chi connectivity index (χ4n) is 4.33. The Bertz CT molecular complexity index is 1340. The molecule has 2 aromatic carbocycles. The number of carboxylic acids is 1. The molecule has 1 aliphatic rings. The van der Waals surface area contributed by atoms with E-state index in [1.54, 1.807) is 23.2 Å². The molecule has 0 aliphatic carbocycles. The second kappa shape index (κ2) is 9.38. The third-order valence-corrected chi connectivity index (χ3v) is 8.17. The first-order valence-electron chi connectivity index (χ1n) is 10.8. The lowest BCUT2D eigenvalue weighted by molar-refractivity contribution is -0.138. The van der Waals surface area contributed by atoms with Crippen LogP contribution in [0.15, 0.2) is 72.3 Å². The van der Waals surface area contributed by atoms with Crippen molar-refractivity contribution in [3.8, 4) is 0 Å². The number of sulfone groups is 1. The summed E-state index contributed by atoms with van der Waals surface area (Å²) in [5.41, 5.74) is 0.424. The zero-order valence-electron chi connectivity index (χ0n) is 18.6. The molecule has 1 fully saturated rings. The lowest BCUT2D eigenvalue weighted by atomic mass is 10.1. The number of rotatable bonds is 7. The summed E-state index contributed by atoms with van der Waals surface area (Å²) in [6.07, 6.45) is -1.44. The third kappa shape index (κ3) is 5.06. The first-order chi connectivity index (χ1) is 16.5. The predicted octanol–water partition coefficient (Wildman–Crippen LogP) is 3.85. The summed E-state index contributed by atoms with van der Waals surface area (Å²) in [7, 11) is -3.87.